The van der Waals surface area contributed by atoms with Crippen LogP contribution in [0.15, 0.2) is 0 Å². The third-order valence-corrected chi connectivity index (χ3v) is 2.80. The number of hydrogen-bond acceptors (Lipinski definition) is 4. The number of primary amides is 1. The maximum absolute atomic E-state index is 10.7. The van der Waals surface area contributed by atoms with Gasteiger partial charge in [0, 0.05) is 12.3 Å². The Kier molecular flexibility index (Phi) is 2.05. The van der Waals surface area contributed by atoms with Crippen molar-refractivity contribution in [1.29, 1.82) is 0 Å². The van der Waals surface area contributed by atoms with Crippen LogP contribution in [0, 0.1) is 0 Å². The van der Waals surface area contributed by atoms with Crippen molar-refractivity contribution in [2.24, 2.45) is 5.73 Å². The fourth-order valence-corrected chi connectivity index (χ4v) is 1.86. The van der Waals surface area contributed by atoms with Gasteiger partial charge in [-0.25, -0.2) is 4.79 Å². The van der Waals surface area contributed by atoms with Gasteiger partial charge in [0.2, 0.25) is 4.87 Å². The number of rotatable bonds is 2. The van der Waals surface area contributed by atoms with Crippen LogP contribution < -0.4 is 11.1 Å². The van der Waals surface area contributed by atoms with Gasteiger partial charge in [-0.3, -0.25) is 10.1 Å². The van der Waals surface area contributed by atoms with Crippen LogP contribution in [-0.2, 0) is 9.59 Å². The molecule has 0 bridgehead atoms. The SMILES string of the molecule is NC(=O)[C@@]1(C(=O)O)NCCS1. The first-order chi connectivity index (χ1) is 5.09. The standard InChI is InChI=1S/C5H8N2O3S/c6-3(8)5(4(9)10)7-1-2-11-5/h7H,1-2H2,(H2,6,8)(H,9,10)/t5-/m1/s1. The molecule has 0 saturated carbocycles. The van der Waals surface area contributed by atoms with Crippen LogP contribution in [0.5, 0.6) is 0 Å². The molecule has 1 rings (SSSR count). The lowest BCUT2D eigenvalue weighted by atomic mass is 10.3. The number of carboxylic acids is 1. The average Bonchev–Trinajstić information content (AvgIpc) is 2.34. The Morgan fingerprint density at radius 3 is 2.45 bits per heavy atom. The molecule has 1 aliphatic rings. The monoisotopic (exact) mass is 176 g/mol. The molecule has 11 heavy (non-hydrogen) atoms. The van der Waals surface area contributed by atoms with E-state index in [0.29, 0.717) is 12.3 Å². The van der Waals surface area contributed by atoms with Crippen molar-refractivity contribution in [1.82, 2.24) is 5.32 Å². The molecule has 4 N–H and O–H groups in total. The van der Waals surface area contributed by atoms with E-state index < -0.39 is 16.7 Å². The number of hydrogen-bond donors (Lipinski definition) is 3. The van der Waals surface area contributed by atoms with Gasteiger partial charge >= 0.3 is 5.97 Å². The summed E-state index contributed by atoms with van der Waals surface area (Å²) in [6.07, 6.45) is 0. The molecule has 1 aliphatic heterocycles. The predicted molar refractivity (Wildman–Crippen MR) is 40.0 cm³/mol. The largest absolute Gasteiger partial charge is 0.479 e. The molecule has 1 amide bonds. The van der Waals surface area contributed by atoms with E-state index in [9.17, 15) is 9.59 Å². The number of aliphatic carboxylic acids is 1. The second kappa shape index (κ2) is 2.71. The van der Waals surface area contributed by atoms with Gasteiger partial charge < -0.3 is 10.8 Å². The van der Waals surface area contributed by atoms with Crippen LogP contribution in [0.2, 0.25) is 0 Å². The Morgan fingerprint density at radius 1 is 1.64 bits per heavy atom. The smallest absolute Gasteiger partial charge is 0.344 e. The first-order valence-corrected chi connectivity index (χ1v) is 4.00. The zero-order valence-electron chi connectivity index (χ0n) is 5.66. The second-order valence-corrected chi connectivity index (χ2v) is 3.44. The summed E-state index contributed by atoms with van der Waals surface area (Å²) in [6, 6.07) is 0. The molecule has 62 valence electrons. The minimum Gasteiger partial charge on any atom is -0.479 e. The van der Waals surface area contributed by atoms with Crippen LogP contribution >= 0.6 is 11.8 Å². The van der Waals surface area contributed by atoms with Gasteiger partial charge in [-0.1, -0.05) is 0 Å². The maximum Gasteiger partial charge on any atom is 0.344 e. The van der Waals surface area contributed by atoms with Crippen molar-refractivity contribution in [3.05, 3.63) is 0 Å². The summed E-state index contributed by atoms with van der Waals surface area (Å²) in [6.45, 7) is 0.500. The molecule has 1 atom stereocenters. The van der Waals surface area contributed by atoms with Gasteiger partial charge in [0.1, 0.15) is 0 Å². The molecule has 1 heterocycles. The molecule has 0 aromatic carbocycles. The average molecular weight is 176 g/mol. The highest BCUT2D eigenvalue weighted by Gasteiger charge is 2.48. The second-order valence-electron chi connectivity index (χ2n) is 2.13. The van der Waals surface area contributed by atoms with E-state index in [1.165, 1.54) is 0 Å². The summed E-state index contributed by atoms with van der Waals surface area (Å²) in [5, 5.41) is 11.2. The van der Waals surface area contributed by atoms with Crippen molar-refractivity contribution < 1.29 is 14.7 Å². The Labute approximate surface area is 67.3 Å². The molecule has 0 radical (unpaired) electrons. The van der Waals surface area contributed by atoms with Crippen molar-refractivity contribution in [2.45, 2.75) is 4.87 Å². The van der Waals surface area contributed by atoms with E-state index in [0.717, 1.165) is 11.8 Å². The van der Waals surface area contributed by atoms with E-state index >= 15 is 0 Å². The summed E-state index contributed by atoms with van der Waals surface area (Å²) < 4.78 is 0. The van der Waals surface area contributed by atoms with Crippen molar-refractivity contribution in [2.75, 3.05) is 12.3 Å². The van der Waals surface area contributed by atoms with Crippen molar-refractivity contribution in [3.8, 4) is 0 Å². The number of carbonyl (C=O) groups excluding carboxylic acids is 1. The fraction of sp³-hybridized carbons (Fsp3) is 0.600. The molecule has 0 aromatic rings. The predicted octanol–water partition coefficient (Wildman–Crippen LogP) is -1.41. The number of nitrogens with two attached hydrogens (primary N) is 1. The third kappa shape index (κ3) is 1.19. The van der Waals surface area contributed by atoms with Crippen LogP contribution in [0.1, 0.15) is 0 Å². The molecule has 0 spiro atoms. The molecule has 0 aliphatic carbocycles. The molecule has 6 heteroatoms. The van der Waals surface area contributed by atoms with Gasteiger partial charge in [-0.2, -0.15) is 0 Å². The van der Waals surface area contributed by atoms with Gasteiger partial charge in [-0.15, -0.1) is 11.8 Å². The van der Waals surface area contributed by atoms with Crippen LogP contribution in [-0.4, -0.2) is 34.2 Å². The highest BCUT2D eigenvalue weighted by atomic mass is 32.2. The van der Waals surface area contributed by atoms with E-state index in [1.54, 1.807) is 0 Å². The Bertz CT molecular complexity index is 184. The number of carboxylic acid groups (broad SMARTS) is 1. The number of amides is 1. The molecular weight excluding hydrogens is 168 g/mol. The van der Waals surface area contributed by atoms with Crippen LogP contribution in [0.4, 0.5) is 0 Å². The Morgan fingerprint density at radius 2 is 2.27 bits per heavy atom. The highest BCUT2D eigenvalue weighted by molar-refractivity contribution is 8.02. The van der Waals surface area contributed by atoms with E-state index in [2.05, 4.69) is 5.32 Å². The third-order valence-electron chi connectivity index (χ3n) is 1.44. The first-order valence-electron chi connectivity index (χ1n) is 3.02. The molecule has 5 nitrogen and oxygen atoms in total. The van der Waals surface area contributed by atoms with E-state index in [1.807, 2.05) is 0 Å². The van der Waals surface area contributed by atoms with Crippen LogP contribution in [0.3, 0.4) is 0 Å². The molecule has 0 aromatic heterocycles. The summed E-state index contributed by atoms with van der Waals surface area (Å²) in [5.41, 5.74) is 4.93. The highest BCUT2D eigenvalue weighted by Crippen LogP contribution is 2.26. The van der Waals surface area contributed by atoms with E-state index in [4.69, 9.17) is 10.8 Å². The zero-order chi connectivity index (χ0) is 8.48. The Hall–Kier alpha value is -0.750. The minimum absolute atomic E-state index is 0.500. The molecular formula is C5H8N2O3S. The number of thioether (sulfide) groups is 1. The lowest BCUT2D eigenvalue weighted by Crippen LogP contribution is -2.55. The maximum atomic E-state index is 10.7. The van der Waals surface area contributed by atoms with Crippen LogP contribution in [0.25, 0.3) is 0 Å². The van der Waals surface area contributed by atoms with Gasteiger partial charge in [0.25, 0.3) is 5.91 Å². The minimum atomic E-state index is -1.58. The summed E-state index contributed by atoms with van der Waals surface area (Å²) in [5.74, 6) is -1.46. The lowest BCUT2D eigenvalue weighted by Gasteiger charge is -2.18. The lowest BCUT2D eigenvalue weighted by molar-refractivity contribution is -0.144. The van der Waals surface area contributed by atoms with E-state index in [-0.39, 0.29) is 0 Å². The first kappa shape index (κ1) is 8.35. The summed E-state index contributed by atoms with van der Waals surface area (Å²) in [7, 11) is 0. The van der Waals surface area contributed by atoms with Gasteiger partial charge in [-0.05, 0) is 0 Å². The molecule has 0 unspecified atom stereocenters. The topological polar surface area (TPSA) is 92.4 Å². The molecule has 1 fully saturated rings. The Balaban J connectivity index is 2.87. The number of carbonyl (C=O) groups is 2. The number of nitrogens with one attached hydrogen (secondary N) is 1. The van der Waals surface area contributed by atoms with Crippen molar-refractivity contribution in [3.63, 3.8) is 0 Å². The van der Waals surface area contributed by atoms with Gasteiger partial charge in [0.05, 0.1) is 0 Å². The van der Waals surface area contributed by atoms with Crippen molar-refractivity contribution >= 4 is 23.6 Å². The van der Waals surface area contributed by atoms with Gasteiger partial charge in [0.15, 0.2) is 0 Å². The molecule has 1 saturated heterocycles. The summed E-state index contributed by atoms with van der Waals surface area (Å²) in [4.78, 5) is 19.7. The normalized spacial score (nSPS) is 30.2. The zero-order valence-corrected chi connectivity index (χ0v) is 6.48. The fourth-order valence-electron chi connectivity index (χ4n) is 0.883. The summed E-state index contributed by atoms with van der Waals surface area (Å²) >= 11 is 1.02. The quantitative estimate of drug-likeness (QED) is 0.449.